The molecule has 0 heterocycles. The maximum atomic E-state index is 9.81. The van der Waals surface area contributed by atoms with Crippen LogP contribution >= 0.6 is 0 Å². The van der Waals surface area contributed by atoms with E-state index in [0.717, 1.165) is 44.2 Å². The van der Waals surface area contributed by atoms with Crippen LogP contribution in [-0.2, 0) is 0 Å². The molecule has 53 heavy (non-hydrogen) atoms. The summed E-state index contributed by atoms with van der Waals surface area (Å²) in [4.78, 5) is 1.39. The summed E-state index contributed by atoms with van der Waals surface area (Å²) in [5, 5.41) is 2.10. The third kappa shape index (κ3) is 6.65. The maximum Gasteiger partial charge on any atom is 0.0651 e. The Morgan fingerprint density at radius 1 is 0.321 bits per heavy atom. The molecule has 250 valence electrons. The fraction of sp³-hybridized carbons (Fsp3) is 0. The van der Waals surface area contributed by atoms with Gasteiger partial charge >= 0.3 is 0 Å². The lowest BCUT2D eigenvalue weighted by atomic mass is 9.95. The van der Waals surface area contributed by atoms with Gasteiger partial charge in [-0.1, -0.05) is 182 Å². The van der Waals surface area contributed by atoms with Crippen molar-refractivity contribution in [2.24, 2.45) is 0 Å². The van der Waals surface area contributed by atoms with Gasteiger partial charge in [0.05, 0.1) is 11.0 Å². The van der Waals surface area contributed by atoms with E-state index in [-0.39, 0.29) is 58.8 Å². The van der Waals surface area contributed by atoms with E-state index in [1.807, 2.05) is 146 Å². The Labute approximate surface area is 323 Å². The summed E-state index contributed by atoms with van der Waals surface area (Å²) in [6.45, 7) is 0. The molecule has 1 heteroatoms. The number of nitrogens with zero attached hydrogens (tertiary/aromatic N) is 1. The number of hydrogen-bond donors (Lipinski definition) is 0. The summed E-state index contributed by atoms with van der Waals surface area (Å²) in [5.41, 5.74) is 6.83. The molecule has 0 aromatic heterocycles. The van der Waals surface area contributed by atoms with Crippen LogP contribution < -0.4 is 4.90 Å². The third-order valence-corrected chi connectivity index (χ3v) is 9.44. The largest absolute Gasteiger partial charge is 0.310 e. The molecule has 0 aliphatic heterocycles. The molecule has 0 unspecified atom stereocenters. The molecule has 0 saturated carbocycles. The zero-order valence-electron chi connectivity index (χ0n) is 36.7. The first-order valence-corrected chi connectivity index (χ1v) is 17.5. The molecule has 9 rings (SSSR count). The minimum absolute atomic E-state index is 0.106. The first-order chi connectivity index (χ1) is 29.6. The van der Waals surface area contributed by atoms with Gasteiger partial charge in [-0.05, 0) is 109 Å². The van der Waals surface area contributed by atoms with Crippen LogP contribution in [0.2, 0.25) is 0 Å². The molecule has 0 amide bonds. The first-order valence-electron chi connectivity index (χ1n) is 21.5. The highest BCUT2D eigenvalue weighted by Crippen LogP contribution is 2.39. The summed E-state index contributed by atoms with van der Waals surface area (Å²) < 4.78 is 75.1. The summed E-state index contributed by atoms with van der Waals surface area (Å²) >= 11 is 0. The molecule has 9 aromatic carbocycles. The normalized spacial score (nSPS) is 13.1. The number of hydrogen-bond acceptors (Lipinski definition) is 1. The maximum absolute atomic E-state index is 9.81. The molecular weight excluding hydrogens is 639 g/mol. The van der Waals surface area contributed by atoms with Crippen LogP contribution in [0.25, 0.3) is 66.4 Å². The average Bonchev–Trinajstić information content (AvgIpc) is 3.30. The van der Waals surface area contributed by atoms with Crippen molar-refractivity contribution in [2.45, 2.75) is 0 Å². The lowest BCUT2D eigenvalue weighted by Gasteiger charge is -2.26. The predicted molar refractivity (Wildman–Crippen MR) is 226 cm³/mol. The SMILES string of the molecule is [2H]c1c([2H])c(-c2cccc(-c3cccc4ccccc34)c2)c([2H])c(N(c2ccc(-c3ccccc3)cc2)c2c([2H])c([2H])c(-c3ccc(-c4ccccc4)cc3)c([2H])c2[2H])c1[2H]. The molecule has 0 radical (unpaired) electrons. The Kier molecular flexibility index (Phi) is 6.57. The van der Waals surface area contributed by atoms with E-state index in [1.54, 1.807) is 30.3 Å². The monoisotopic (exact) mass is 683 g/mol. The first kappa shape index (κ1) is 24.3. The van der Waals surface area contributed by atoms with Gasteiger partial charge in [0.15, 0.2) is 0 Å². The zero-order valence-corrected chi connectivity index (χ0v) is 28.7. The second-order valence-corrected chi connectivity index (χ2v) is 12.7. The number of benzene rings is 9. The van der Waals surface area contributed by atoms with Gasteiger partial charge in [0.2, 0.25) is 0 Å². The van der Waals surface area contributed by atoms with E-state index in [2.05, 4.69) is 0 Å². The van der Waals surface area contributed by atoms with Gasteiger partial charge in [0, 0.05) is 17.1 Å². The molecular formula is C52H37N. The molecule has 0 N–H and O–H groups in total. The second kappa shape index (κ2) is 14.3. The Morgan fingerprint density at radius 3 is 1.55 bits per heavy atom. The van der Waals surface area contributed by atoms with Gasteiger partial charge < -0.3 is 4.90 Å². The van der Waals surface area contributed by atoms with Crippen molar-refractivity contribution in [2.75, 3.05) is 4.90 Å². The fourth-order valence-corrected chi connectivity index (χ4v) is 6.73. The van der Waals surface area contributed by atoms with E-state index in [4.69, 9.17) is 2.74 Å². The van der Waals surface area contributed by atoms with E-state index in [9.17, 15) is 8.22 Å². The Bertz CT molecular complexity index is 3060. The highest BCUT2D eigenvalue weighted by Gasteiger charge is 2.15. The quantitative estimate of drug-likeness (QED) is 0.154. The third-order valence-electron chi connectivity index (χ3n) is 9.44. The lowest BCUT2D eigenvalue weighted by molar-refractivity contribution is 1.28. The minimum Gasteiger partial charge on any atom is -0.310 e. The van der Waals surface area contributed by atoms with Gasteiger partial charge in [-0.25, -0.2) is 0 Å². The van der Waals surface area contributed by atoms with Gasteiger partial charge in [-0.15, -0.1) is 0 Å². The minimum atomic E-state index is -0.450. The van der Waals surface area contributed by atoms with Gasteiger partial charge in [0.1, 0.15) is 0 Å². The van der Waals surface area contributed by atoms with Gasteiger partial charge in [-0.2, -0.15) is 0 Å². The summed E-state index contributed by atoms with van der Waals surface area (Å²) in [5.74, 6) is 0. The van der Waals surface area contributed by atoms with Gasteiger partial charge in [-0.3, -0.25) is 0 Å². The molecule has 1 nitrogen and oxygen atoms in total. The smallest absolute Gasteiger partial charge is 0.0651 e. The lowest BCUT2D eigenvalue weighted by Crippen LogP contribution is -2.10. The molecule has 0 fully saturated rings. The van der Waals surface area contributed by atoms with Crippen LogP contribution in [0, 0.1) is 0 Å². The molecule has 0 bridgehead atoms. The van der Waals surface area contributed by atoms with Crippen molar-refractivity contribution in [3.05, 3.63) is 224 Å². The second-order valence-electron chi connectivity index (χ2n) is 12.7. The highest BCUT2D eigenvalue weighted by molar-refractivity contribution is 5.97. The molecule has 0 aliphatic rings. The van der Waals surface area contributed by atoms with Crippen LogP contribution in [0.4, 0.5) is 17.1 Å². The molecule has 0 aliphatic carbocycles. The van der Waals surface area contributed by atoms with Crippen molar-refractivity contribution in [3.63, 3.8) is 0 Å². The summed E-state index contributed by atoms with van der Waals surface area (Å²) in [7, 11) is 0. The number of anilines is 3. The van der Waals surface area contributed by atoms with Crippen molar-refractivity contribution in [1.82, 2.24) is 0 Å². The van der Waals surface area contributed by atoms with Gasteiger partial charge in [0.25, 0.3) is 0 Å². The Hall–Kier alpha value is -6.96. The topological polar surface area (TPSA) is 3.24 Å². The van der Waals surface area contributed by atoms with Crippen molar-refractivity contribution in [1.29, 1.82) is 0 Å². The van der Waals surface area contributed by atoms with Crippen LogP contribution in [0.5, 0.6) is 0 Å². The van der Waals surface area contributed by atoms with Crippen LogP contribution in [0.3, 0.4) is 0 Å². The number of rotatable bonds is 8. The summed E-state index contributed by atoms with van der Waals surface area (Å²) in [6, 6.07) is 52.9. The van der Waals surface area contributed by atoms with E-state index in [0.29, 0.717) is 16.8 Å². The molecule has 9 aromatic rings. The molecule has 0 atom stereocenters. The fourth-order valence-electron chi connectivity index (χ4n) is 6.73. The van der Waals surface area contributed by atoms with Crippen molar-refractivity contribution < 1.29 is 11.0 Å². The van der Waals surface area contributed by atoms with Crippen LogP contribution in [0.15, 0.2) is 224 Å². The van der Waals surface area contributed by atoms with E-state index in [1.165, 1.54) is 4.90 Å². The van der Waals surface area contributed by atoms with E-state index < -0.39 is 12.1 Å². The van der Waals surface area contributed by atoms with Crippen molar-refractivity contribution >= 4 is 27.8 Å². The average molecular weight is 684 g/mol. The van der Waals surface area contributed by atoms with Crippen molar-refractivity contribution in [3.8, 4) is 55.6 Å². The Balaban J connectivity index is 1.25. The highest BCUT2D eigenvalue weighted by atomic mass is 15.1. The van der Waals surface area contributed by atoms with E-state index >= 15 is 0 Å². The Morgan fingerprint density at radius 2 is 0.849 bits per heavy atom. The molecule has 0 saturated heterocycles. The standard InChI is InChI=1S/C52H37N/c1-3-12-38(13-4-1)40-24-26-41(27-25-40)43-30-34-49(35-31-43)53(48-32-28-42(29-33-48)39-14-5-2-6-15-39)50-21-10-19-46(37-50)45-18-9-20-47(36-45)52-23-11-17-44-16-7-8-22-51(44)52/h1-37H/i10D,19D,21D,30D,31D,34D,35D,37D. The number of fused-ring (bicyclic) bond motifs is 1. The summed E-state index contributed by atoms with van der Waals surface area (Å²) in [6.07, 6.45) is 0. The molecule has 0 spiro atoms. The predicted octanol–water partition coefficient (Wildman–Crippen LogP) is 14.6. The van der Waals surface area contributed by atoms with Crippen LogP contribution in [-0.4, -0.2) is 0 Å². The van der Waals surface area contributed by atoms with Crippen LogP contribution in [0.1, 0.15) is 11.0 Å². The zero-order chi connectivity index (χ0) is 42.4.